The summed E-state index contributed by atoms with van der Waals surface area (Å²) in [4.78, 5) is 13.3. The van der Waals surface area contributed by atoms with Crippen LogP contribution in [0.3, 0.4) is 0 Å². The van der Waals surface area contributed by atoms with Crippen molar-refractivity contribution in [2.75, 3.05) is 20.3 Å². The van der Waals surface area contributed by atoms with E-state index in [9.17, 15) is 4.79 Å². The first-order chi connectivity index (χ1) is 15.9. The second kappa shape index (κ2) is 12.3. The van der Waals surface area contributed by atoms with Crippen LogP contribution in [0.15, 0.2) is 71.1 Å². The van der Waals surface area contributed by atoms with E-state index in [2.05, 4.69) is 17.4 Å². The van der Waals surface area contributed by atoms with Crippen LogP contribution < -0.4 is 5.32 Å². The number of allylic oxidation sites excluding steroid dienone is 3. The van der Waals surface area contributed by atoms with Crippen molar-refractivity contribution in [2.24, 2.45) is 0 Å². The maximum Gasteiger partial charge on any atom is 0.336 e. The standard InChI is InChI=1S/C27H31Cl2NO3/c1-18-21(14-9-16-32-3)25(22-13-7-15-23(28)26(22)29)24(19(2)30-18)27(31)33-17-8-12-20-10-5-4-6-11-20/h4-7,10-11,13,15,25,30H,8-9,12,14,16-17H2,1-3H3. The molecule has 0 spiro atoms. The van der Waals surface area contributed by atoms with Gasteiger partial charge in [0.1, 0.15) is 0 Å². The zero-order chi connectivity index (χ0) is 23.8. The van der Waals surface area contributed by atoms with Gasteiger partial charge >= 0.3 is 5.97 Å². The molecule has 1 N–H and O–H groups in total. The van der Waals surface area contributed by atoms with Gasteiger partial charge in [0, 0.05) is 31.0 Å². The number of methoxy groups -OCH3 is 1. The van der Waals surface area contributed by atoms with Gasteiger partial charge in [0.2, 0.25) is 0 Å². The van der Waals surface area contributed by atoms with Crippen LogP contribution >= 0.6 is 23.2 Å². The molecule has 0 aromatic heterocycles. The van der Waals surface area contributed by atoms with Crippen LogP contribution in [-0.2, 0) is 20.7 Å². The van der Waals surface area contributed by atoms with Gasteiger partial charge in [0.15, 0.2) is 0 Å². The van der Waals surface area contributed by atoms with Crippen LogP contribution in [0.25, 0.3) is 0 Å². The van der Waals surface area contributed by atoms with E-state index in [-0.39, 0.29) is 11.9 Å². The summed E-state index contributed by atoms with van der Waals surface area (Å²) in [6.07, 6.45) is 3.21. The molecule has 1 atom stereocenters. The average molecular weight is 488 g/mol. The fourth-order valence-electron chi connectivity index (χ4n) is 4.30. The van der Waals surface area contributed by atoms with Crippen LogP contribution in [0.2, 0.25) is 10.0 Å². The van der Waals surface area contributed by atoms with Gasteiger partial charge in [0.05, 0.1) is 22.2 Å². The molecular formula is C27H31Cl2NO3. The minimum atomic E-state index is -0.328. The lowest BCUT2D eigenvalue weighted by atomic mass is 9.78. The first kappa shape index (κ1) is 25.4. The second-order valence-electron chi connectivity index (χ2n) is 8.21. The molecule has 176 valence electrons. The van der Waals surface area contributed by atoms with E-state index in [1.54, 1.807) is 13.2 Å². The Morgan fingerprint density at radius 1 is 0.939 bits per heavy atom. The number of halogens is 2. The molecule has 6 heteroatoms. The Balaban J connectivity index is 1.84. The highest BCUT2D eigenvalue weighted by molar-refractivity contribution is 6.42. The predicted molar refractivity (Wildman–Crippen MR) is 135 cm³/mol. The number of dihydropyridines is 1. The normalized spacial score (nSPS) is 16.1. The van der Waals surface area contributed by atoms with Crippen LogP contribution in [0.1, 0.15) is 50.2 Å². The third-order valence-electron chi connectivity index (χ3n) is 5.89. The zero-order valence-corrected chi connectivity index (χ0v) is 20.9. The molecule has 33 heavy (non-hydrogen) atoms. The lowest BCUT2D eigenvalue weighted by molar-refractivity contribution is -0.139. The molecule has 1 aliphatic rings. The number of carbonyl (C=O) groups excluding carboxylic acids is 1. The Bertz CT molecular complexity index is 1030. The van der Waals surface area contributed by atoms with Gasteiger partial charge in [-0.1, -0.05) is 65.7 Å². The molecule has 0 aliphatic carbocycles. The first-order valence-electron chi connectivity index (χ1n) is 11.2. The van der Waals surface area contributed by atoms with Gasteiger partial charge in [0.25, 0.3) is 0 Å². The van der Waals surface area contributed by atoms with Gasteiger partial charge < -0.3 is 14.8 Å². The van der Waals surface area contributed by atoms with Crippen LogP contribution in [0.4, 0.5) is 0 Å². The quantitative estimate of drug-likeness (QED) is 0.294. The van der Waals surface area contributed by atoms with E-state index in [1.807, 2.05) is 44.2 Å². The van der Waals surface area contributed by atoms with Crippen LogP contribution in [0, 0.1) is 0 Å². The monoisotopic (exact) mass is 487 g/mol. The Morgan fingerprint density at radius 2 is 1.67 bits per heavy atom. The number of hydrogen-bond donors (Lipinski definition) is 1. The molecule has 4 nitrogen and oxygen atoms in total. The molecular weight excluding hydrogens is 457 g/mol. The molecule has 0 saturated carbocycles. The molecule has 1 heterocycles. The molecule has 0 radical (unpaired) electrons. The zero-order valence-electron chi connectivity index (χ0n) is 19.4. The fraction of sp³-hybridized carbons (Fsp3) is 0.370. The highest BCUT2D eigenvalue weighted by Gasteiger charge is 2.35. The molecule has 2 aromatic carbocycles. The minimum Gasteiger partial charge on any atom is -0.462 e. The topological polar surface area (TPSA) is 47.6 Å². The van der Waals surface area contributed by atoms with Crippen molar-refractivity contribution < 1.29 is 14.3 Å². The number of esters is 1. The summed E-state index contributed by atoms with van der Waals surface area (Å²) >= 11 is 13.0. The molecule has 0 fully saturated rings. The van der Waals surface area contributed by atoms with E-state index in [1.165, 1.54) is 5.56 Å². The maximum atomic E-state index is 13.3. The fourth-order valence-corrected chi connectivity index (χ4v) is 4.71. The lowest BCUT2D eigenvalue weighted by Crippen LogP contribution is -2.29. The lowest BCUT2D eigenvalue weighted by Gasteiger charge is -2.32. The molecule has 0 amide bonds. The van der Waals surface area contributed by atoms with Crippen molar-refractivity contribution in [1.82, 2.24) is 5.32 Å². The van der Waals surface area contributed by atoms with Crippen molar-refractivity contribution in [3.63, 3.8) is 0 Å². The van der Waals surface area contributed by atoms with Gasteiger partial charge in [-0.05, 0) is 62.3 Å². The SMILES string of the molecule is COCCCC1=C(C)NC(C)=C(C(=O)OCCCc2ccccc2)C1c1cccc(Cl)c1Cl. The number of rotatable bonds is 10. The van der Waals surface area contributed by atoms with Gasteiger partial charge in [-0.15, -0.1) is 0 Å². The first-order valence-corrected chi connectivity index (χ1v) is 12.0. The van der Waals surface area contributed by atoms with Crippen molar-refractivity contribution in [2.45, 2.75) is 45.4 Å². The third-order valence-corrected chi connectivity index (χ3v) is 6.72. The maximum absolute atomic E-state index is 13.3. The van der Waals surface area contributed by atoms with Gasteiger partial charge in [-0.3, -0.25) is 0 Å². The summed E-state index contributed by atoms with van der Waals surface area (Å²) in [5.41, 5.74) is 5.51. The number of nitrogens with one attached hydrogen (secondary N) is 1. The largest absolute Gasteiger partial charge is 0.462 e. The van der Waals surface area contributed by atoms with E-state index in [0.717, 1.165) is 48.2 Å². The summed E-state index contributed by atoms with van der Waals surface area (Å²) in [5.74, 6) is -0.651. The molecule has 1 aliphatic heterocycles. The summed E-state index contributed by atoms with van der Waals surface area (Å²) in [6, 6.07) is 15.7. The van der Waals surface area contributed by atoms with E-state index in [0.29, 0.717) is 28.8 Å². The highest BCUT2D eigenvalue weighted by atomic mass is 35.5. The van der Waals surface area contributed by atoms with Gasteiger partial charge in [-0.2, -0.15) is 0 Å². The van der Waals surface area contributed by atoms with Crippen LogP contribution in [-0.4, -0.2) is 26.3 Å². The smallest absolute Gasteiger partial charge is 0.336 e. The number of benzene rings is 2. The summed E-state index contributed by atoms with van der Waals surface area (Å²) in [5, 5.41) is 4.31. The summed E-state index contributed by atoms with van der Waals surface area (Å²) in [6.45, 7) is 4.91. The Kier molecular flexibility index (Phi) is 9.42. The summed E-state index contributed by atoms with van der Waals surface area (Å²) in [7, 11) is 1.69. The van der Waals surface area contributed by atoms with Crippen molar-refractivity contribution in [3.8, 4) is 0 Å². The second-order valence-corrected chi connectivity index (χ2v) is 9.00. The number of carbonyl (C=O) groups is 1. The number of aryl methyl sites for hydroxylation is 1. The third kappa shape index (κ3) is 6.41. The van der Waals surface area contributed by atoms with E-state index in [4.69, 9.17) is 32.7 Å². The van der Waals surface area contributed by atoms with Crippen molar-refractivity contribution >= 4 is 29.2 Å². The Labute approximate surface area is 206 Å². The molecule has 2 aromatic rings. The number of hydrogen-bond acceptors (Lipinski definition) is 4. The van der Waals surface area contributed by atoms with Gasteiger partial charge in [-0.25, -0.2) is 4.79 Å². The molecule has 0 saturated heterocycles. The molecule has 1 unspecified atom stereocenters. The van der Waals surface area contributed by atoms with E-state index >= 15 is 0 Å². The average Bonchev–Trinajstić information content (AvgIpc) is 2.80. The van der Waals surface area contributed by atoms with Crippen LogP contribution in [0.5, 0.6) is 0 Å². The summed E-state index contributed by atoms with van der Waals surface area (Å²) < 4.78 is 11.0. The Morgan fingerprint density at radius 3 is 2.39 bits per heavy atom. The van der Waals surface area contributed by atoms with E-state index < -0.39 is 0 Å². The molecule has 3 rings (SSSR count). The molecule has 0 bridgehead atoms. The predicted octanol–water partition coefficient (Wildman–Crippen LogP) is 6.83. The number of ether oxygens (including phenoxy) is 2. The van der Waals surface area contributed by atoms with Crippen molar-refractivity contribution in [3.05, 3.63) is 92.2 Å². The Hall–Kier alpha value is -2.27. The van der Waals surface area contributed by atoms with Crippen molar-refractivity contribution in [1.29, 1.82) is 0 Å². The highest BCUT2D eigenvalue weighted by Crippen LogP contribution is 2.44. The minimum absolute atomic E-state index is 0.323.